The lowest BCUT2D eigenvalue weighted by Crippen LogP contribution is -2.53. The van der Waals surface area contributed by atoms with Crippen molar-refractivity contribution in [3.8, 4) is 5.75 Å². The molecule has 0 bridgehead atoms. The van der Waals surface area contributed by atoms with Crippen LogP contribution >= 0.6 is 11.6 Å². The third-order valence-corrected chi connectivity index (χ3v) is 5.78. The number of amides is 1. The van der Waals surface area contributed by atoms with Crippen LogP contribution in [0.3, 0.4) is 0 Å². The van der Waals surface area contributed by atoms with Gasteiger partial charge in [-0.2, -0.15) is 0 Å². The lowest BCUT2D eigenvalue weighted by atomic mass is 10.0. The summed E-state index contributed by atoms with van der Waals surface area (Å²) in [5.41, 5.74) is 8.61. The van der Waals surface area contributed by atoms with Crippen molar-refractivity contribution in [2.45, 2.75) is 25.4 Å². The van der Waals surface area contributed by atoms with E-state index in [0.717, 1.165) is 30.1 Å². The molecule has 2 fully saturated rings. The molecule has 1 amide bonds. The van der Waals surface area contributed by atoms with Crippen molar-refractivity contribution in [2.75, 3.05) is 37.7 Å². The standard InChI is InChI=1S/C22H27ClN4O2/c1-2-29-21-9-4-3-8-20(21)26-10-12-27(13-11-26)22(28)19-15-18(24-25-19)16-6-5-7-17(23)14-16/h3-9,14,18-19,24-25H,2,10-13,15H2,1H3. The van der Waals surface area contributed by atoms with Gasteiger partial charge in [0.1, 0.15) is 11.8 Å². The topological polar surface area (TPSA) is 56.8 Å². The van der Waals surface area contributed by atoms with Gasteiger partial charge in [-0.3, -0.25) is 4.79 Å². The zero-order valence-electron chi connectivity index (χ0n) is 16.6. The van der Waals surface area contributed by atoms with Crippen molar-refractivity contribution in [1.82, 2.24) is 15.8 Å². The minimum atomic E-state index is -0.221. The van der Waals surface area contributed by atoms with Gasteiger partial charge >= 0.3 is 0 Å². The van der Waals surface area contributed by atoms with Crippen molar-refractivity contribution < 1.29 is 9.53 Å². The van der Waals surface area contributed by atoms with Crippen molar-refractivity contribution >= 4 is 23.2 Å². The van der Waals surface area contributed by atoms with E-state index in [9.17, 15) is 4.79 Å². The van der Waals surface area contributed by atoms with Crippen molar-refractivity contribution in [3.05, 3.63) is 59.1 Å². The summed E-state index contributed by atoms with van der Waals surface area (Å²) in [4.78, 5) is 17.3. The zero-order chi connectivity index (χ0) is 20.2. The van der Waals surface area contributed by atoms with E-state index in [4.69, 9.17) is 16.3 Å². The lowest BCUT2D eigenvalue weighted by Gasteiger charge is -2.37. The molecule has 0 radical (unpaired) electrons. The monoisotopic (exact) mass is 414 g/mol. The Kier molecular flexibility index (Phi) is 6.23. The number of benzene rings is 2. The fraction of sp³-hybridized carbons (Fsp3) is 0.409. The molecule has 2 aliphatic rings. The number of halogens is 1. The number of carbonyl (C=O) groups is 1. The molecule has 6 nitrogen and oxygen atoms in total. The molecular weight excluding hydrogens is 388 g/mol. The number of rotatable bonds is 5. The molecule has 2 unspecified atom stereocenters. The van der Waals surface area contributed by atoms with Crippen molar-refractivity contribution in [3.63, 3.8) is 0 Å². The van der Waals surface area contributed by atoms with Gasteiger partial charge in [0.25, 0.3) is 0 Å². The van der Waals surface area contributed by atoms with Crippen LogP contribution in [0.5, 0.6) is 5.75 Å². The Morgan fingerprint density at radius 2 is 1.90 bits per heavy atom. The second kappa shape index (κ2) is 9.03. The number of ether oxygens (including phenoxy) is 1. The molecule has 2 aromatic rings. The lowest BCUT2D eigenvalue weighted by molar-refractivity contribution is -0.133. The van der Waals surface area contributed by atoms with Crippen LogP contribution in [-0.4, -0.2) is 49.6 Å². The number of hydrogen-bond donors (Lipinski definition) is 2. The van der Waals surface area contributed by atoms with Gasteiger partial charge in [-0.1, -0.05) is 35.9 Å². The third-order valence-electron chi connectivity index (χ3n) is 5.55. The summed E-state index contributed by atoms with van der Waals surface area (Å²) in [5, 5.41) is 0.711. The predicted molar refractivity (Wildman–Crippen MR) is 115 cm³/mol. The number of hydrogen-bond acceptors (Lipinski definition) is 5. The number of carbonyl (C=O) groups excluding carboxylic acids is 1. The van der Waals surface area contributed by atoms with Gasteiger partial charge < -0.3 is 14.5 Å². The number of piperazine rings is 1. The highest BCUT2D eigenvalue weighted by molar-refractivity contribution is 6.30. The molecule has 0 aromatic heterocycles. The Hall–Kier alpha value is -2.28. The molecule has 7 heteroatoms. The highest BCUT2D eigenvalue weighted by Crippen LogP contribution is 2.29. The Bertz CT molecular complexity index is 854. The third kappa shape index (κ3) is 4.50. The van der Waals surface area contributed by atoms with E-state index in [1.165, 1.54) is 0 Å². The first kappa shape index (κ1) is 20.0. The summed E-state index contributed by atoms with van der Waals surface area (Å²) in [5.74, 6) is 1.06. The maximum Gasteiger partial charge on any atom is 0.241 e. The quantitative estimate of drug-likeness (QED) is 0.787. The molecule has 2 saturated heterocycles. The van der Waals surface area contributed by atoms with Gasteiger partial charge in [0.15, 0.2) is 0 Å². The molecule has 4 rings (SSSR count). The van der Waals surface area contributed by atoms with E-state index >= 15 is 0 Å². The van der Waals surface area contributed by atoms with Crippen LogP contribution in [0.25, 0.3) is 0 Å². The first-order valence-electron chi connectivity index (χ1n) is 10.2. The van der Waals surface area contributed by atoms with Gasteiger partial charge in [0.05, 0.1) is 12.3 Å². The van der Waals surface area contributed by atoms with Crippen LogP contribution in [0.4, 0.5) is 5.69 Å². The highest BCUT2D eigenvalue weighted by Gasteiger charge is 2.34. The van der Waals surface area contributed by atoms with Crippen LogP contribution in [-0.2, 0) is 4.79 Å². The Morgan fingerprint density at radius 1 is 1.10 bits per heavy atom. The summed E-state index contributed by atoms with van der Waals surface area (Å²) < 4.78 is 5.76. The van der Waals surface area contributed by atoms with Crippen LogP contribution in [0, 0.1) is 0 Å². The predicted octanol–water partition coefficient (Wildman–Crippen LogP) is 3.00. The molecule has 2 atom stereocenters. The van der Waals surface area contributed by atoms with Crippen LogP contribution < -0.4 is 20.5 Å². The summed E-state index contributed by atoms with van der Waals surface area (Å²) in [7, 11) is 0. The zero-order valence-corrected chi connectivity index (χ0v) is 17.4. The summed E-state index contributed by atoms with van der Waals surface area (Å²) in [6.45, 7) is 5.65. The molecule has 0 aliphatic carbocycles. The van der Waals surface area contributed by atoms with Crippen LogP contribution in [0.2, 0.25) is 5.02 Å². The molecule has 0 spiro atoms. The van der Waals surface area contributed by atoms with E-state index in [1.54, 1.807) is 0 Å². The molecule has 154 valence electrons. The van der Waals surface area contributed by atoms with E-state index in [1.807, 2.05) is 54.3 Å². The SMILES string of the molecule is CCOc1ccccc1N1CCN(C(=O)C2CC(c3cccc(Cl)c3)NN2)CC1. The molecule has 0 saturated carbocycles. The number of para-hydroxylation sites is 2. The first-order chi connectivity index (χ1) is 14.2. The van der Waals surface area contributed by atoms with Gasteiger partial charge in [0.2, 0.25) is 5.91 Å². The van der Waals surface area contributed by atoms with E-state index in [-0.39, 0.29) is 18.0 Å². The van der Waals surface area contributed by atoms with Crippen molar-refractivity contribution in [2.24, 2.45) is 0 Å². The molecule has 29 heavy (non-hydrogen) atoms. The molecule has 2 aromatic carbocycles. The fourth-order valence-corrected chi connectivity index (χ4v) is 4.24. The average Bonchev–Trinajstić information content (AvgIpc) is 3.24. The summed E-state index contributed by atoms with van der Waals surface area (Å²) in [6.07, 6.45) is 0.715. The Balaban J connectivity index is 1.34. The van der Waals surface area contributed by atoms with Gasteiger partial charge in [0, 0.05) is 37.2 Å². The normalized spacial score (nSPS) is 22.0. The second-order valence-corrected chi connectivity index (χ2v) is 7.83. The van der Waals surface area contributed by atoms with Crippen LogP contribution in [0.1, 0.15) is 24.9 Å². The fourth-order valence-electron chi connectivity index (χ4n) is 4.04. The van der Waals surface area contributed by atoms with E-state index < -0.39 is 0 Å². The second-order valence-electron chi connectivity index (χ2n) is 7.40. The number of nitrogens with one attached hydrogen (secondary N) is 2. The van der Waals surface area contributed by atoms with Gasteiger partial charge in [-0.25, -0.2) is 10.9 Å². The molecule has 2 N–H and O–H groups in total. The Morgan fingerprint density at radius 3 is 2.66 bits per heavy atom. The number of anilines is 1. The van der Waals surface area contributed by atoms with Gasteiger partial charge in [-0.15, -0.1) is 0 Å². The summed E-state index contributed by atoms with van der Waals surface area (Å²) >= 11 is 6.10. The van der Waals surface area contributed by atoms with Crippen molar-refractivity contribution in [1.29, 1.82) is 0 Å². The molecule has 2 aliphatic heterocycles. The maximum atomic E-state index is 13.0. The molecule has 2 heterocycles. The first-order valence-corrected chi connectivity index (χ1v) is 10.6. The number of hydrazine groups is 1. The minimum absolute atomic E-state index is 0.0852. The average molecular weight is 415 g/mol. The molecular formula is C22H27ClN4O2. The largest absolute Gasteiger partial charge is 0.492 e. The van der Waals surface area contributed by atoms with E-state index in [2.05, 4.69) is 21.8 Å². The van der Waals surface area contributed by atoms with Crippen LogP contribution in [0.15, 0.2) is 48.5 Å². The van der Waals surface area contributed by atoms with E-state index in [0.29, 0.717) is 31.1 Å². The maximum absolute atomic E-state index is 13.0. The number of nitrogens with zero attached hydrogens (tertiary/aromatic N) is 2. The van der Waals surface area contributed by atoms with Gasteiger partial charge in [-0.05, 0) is 43.2 Å². The smallest absolute Gasteiger partial charge is 0.241 e. The Labute approximate surface area is 176 Å². The highest BCUT2D eigenvalue weighted by atomic mass is 35.5. The summed E-state index contributed by atoms with van der Waals surface area (Å²) in [6, 6.07) is 15.7. The minimum Gasteiger partial charge on any atom is -0.492 e.